The SMILES string of the molecule is [CH2][C@@H]1CN(c2ccc(-c3ccc(-c4nnn(C)n4)nc3)c(F)c2)C(=O)O1. The number of anilines is 1. The van der Waals surface area contributed by atoms with Crippen LogP contribution < -0.4 is 4.90 Å². The second-order valence-electron chi connectivity index (χ2n) is 5.82. The van der Waals surface area contributed by atoms with E-state index in [0.29, 0.717) is 34.9 Å². The number of ether oxygens (including phenoxy) is 1. The van der Waals surface area contributed by atoms with Crippen LogP contribution in [0.1, 0.15) is 0 Å². The molecule has 1 fully saturated rings. The predicted molar refractivity (Wildman–Crippen MR) is 90.4 cm³/mol. The molecule has 8 nitrogen and oxygen atoms in total. The summed E-state index contributed by atoms with van der Waals surface area (Å²) in [6.07, 6.45) is 0.552. The molecule has 0 bridgehead atoms. The molecule has 3 aromatic rings. The Morgan fingerprint density at radius 3 is 2.73 bits per heavy atom. The third kappa shape index (κ3) is 2.87. The minimum absolute atomic E-state index is 0.291. The first-order valence-electron chi connectivity index (χ1n) is 7.83. The van der Waals surface area contributed by atoms with E-state index >= 15 is 0 Å². The zero-order chi connectivity index (χ0) is 18.3. The summed E-state index contributed by atoms with van der Waals surface area (Å²) in [6.45, 7) is 3.97. The monoisotopic (exact) mass is 353 g/mol. The number of benzene rings is 1. The van der Waals surface area contributed by atoms with Crippen molar-refractivity contribution in [2.45, 2.75) is 6.10 Å². The van der Waals surface area contributed by atoms with Gasteiger partial charge in [-0.25, -0.2) is 9.18 Å². The van der Waals surface area contributed by atoms with E-state index < -0.39 is 18.0 Å². The molecule has 1 aromatic carbocycles. The Hall–Kier alpha value is -3.36. The lowest BCUT2D eigenvalue weighted by Crippen LogP contribution is -2.24. The fourth-order valence-electron chi connectivity index (χ4n) is 2.71. The maximum Gasteiger partial charge on any atom is 0.414 e. The number of rotatable bonds is 3. The number of hydrogen-bond acceptors (Lipinski definition) is 6. The number of amides is 1. The average molecular weight is 353 g/mol. The lowest BCUT2D eigenvalue weighted by atomic mass is 10.1. The number of aryl methyl sites for hydroxylation is 1. The van der Waals surface area contributed by atoms with Gasteiger partial charge in [0.1, 0.15) is 17.6 Å². The van der Waals surface area contributed by atoms with Crippen molar-refractivity contribution in [3.05, 3.63) is 49.3 Å². The Kier molecular flexibility index (Phi) is 3.83. The van der Waals surface area contributed by atoms with Gasteiger partial charge in [0, 0.05) is 17.3 Å². The van der Waals surface area contributed by atoms with Crippen molar-refractivity contribution in [2.24, 2.45) is 7.05 Å². The summed E-state index contributed by atoms with van der Waals surface area (Å²) in [4.78, 5) is 18.7. The van der Waals surface area contributed by atoms with E-state index in [1.807, 2.05) is 0 Å². The van der Waals surface area contributed by atoms with Gasteiger partial charge in [0.2, 0.25) is 5.82 Å². The molecular formula is C17H14FN6O2. The zero-order valence-corrected chi connectivity index (χ0v) is 13.8. The minimum atomic E-state index is -0.528. The van der Waals surface area contributed by atoms with E-state index in [1.165, 1.54) is 15.8 Å². The Labute approximate surface area is 148 Å². The first-order chi connectivity index (χ1) is 12.5. The Balaban J connectivity index is 1.61. The Morgan fingerprint density at radius 1 is 1.31 bits per heavy atom. The van der Waals surface area contributed by atoms with Crippen LogP contribution in [0.2, 0.25) is 0 Å². The Morgan fingerprint density at radius 2 is 2.15 bits per heavy atom. The highest BCUT2D eigenvalue weighted by Gasteiger charge is 2.29. The average Bonchev–Trinajstić information content (AvgIpc) is 3.20. The molecule has 26 heavy (non-hydrogen) atoms. The van der Waals surface area contributed by atoms with Gasteiger partial charge in [-0.2, -0.15) is 4.80 Å². The molecule has 0 N–H and O–H groups in total. The third-order valence-corrected chi connectivity index (χ3v) is 3.95. The van der Waals surface area contributed by atoms with Crippen molar-refractivity contribution >= 4 is 11.8 Å². The predicted octanol–water partition coefficient (Wildman–Crippen LogP) is 2.24. The van der Waals surface area contributed by atoms with E-state index in [9.17, 15) is 9.18 Å². The lowest BCUT2D eigenvalue weighted by Gasteiger charge is -2.14. The normalized spacial score (nSPS) is 16.8. The summed E-state index contributed by atoms with van der Waals surface area (Å²) in [7, 11) is 1.66. The highest BCUT2D eigenvalue weighted by atomic mass is 19.1. The molecule has 1 aliphatic rings. The summed E-state index contributed by atoms with van der Waals surface area (Å²) in [5.74, 6) is -0.0693. The summed E-state index contributed by atoms with van der Waals surface area (Å²) in [6, 6.07) is 7.99. The van der Waals surface area contributed by atoms with Gasteiger partial charge >= 0.3 is 6.09 Å². The van der Waals surface area contributed by atoms with Crippen LogP contribution in [-0.2, 0) is 11.8 Å². The molecule has 2 aromatic heterocycles. The van der Waals surface area contributed by atoms with E-state index in [-0.39, 0.29) is 0 Å². The van der Waals surface area contributed by atoms with Crippen molar-refractivity contribution in [2.75, 3.05) is 11.4 Å². The summed E-state index contributed by atoms with van der Waals surface area (Å²) < 4.78 is 19.5. The molecule has 1 amide bonds. The highest BCUT2D eigenvalue weighted by molar-refractivity contribution is 5.90. The fourth-order valence-corrected chi connectivity index (χ4v) is 2.71. The topological polar surface area (TPSA) is 86.0 Å². The smallest absolute Gasteiger partial charge is 0.414 e. The molecule has 1 saturated heterocycles. The summed E-state index contributed by atoms with van der Waals surface area (Å²) >= 11 is 0. The van der Waals surface area contributed by atoms with Gasteiger partial charge in [0.25, 0.3) is 0 Å². The maximum atomic E-state index is 14.6. The number of tetrazole rings is 1. The maximum absolute atomic E-state index is 14.6. The van der Waals surface area contributed by atoms with Crippen molar-refractivity contribution in [3.63, 3.8) is 0 Å². The largest absolute Gasteiger partial charge is 0.444 e. The second kappa shape index (κ2) is 6.17. The van der Waals surface area contributed by atoms with E-state index in [4.69, 9.17) is 4.74 Å². The first kappa shape index (κ1) is 16.1. The van der Waals surface area contributed by atoms with E-state index in [1.54, 1.807) is 37.5 Å². The van der Waals surface area contributed by atoms with Crippen molar-refractivity contribution in [1.82, 2.24) is 25.2 Å². The number of aromatic nitrogens is 5. The molecule has 0 saturated carbocycles. The standard InChI is InChI=1S/C17H14FN6O2/c1-10-9-24(17(25)26-10)12-4-5-13(14(18)7-12)11-3-6-15(19-8-11)16-20-22-23(2)21-16/h3-8,10H,1,9H2,2H3/t10-/m1/s1. The number of hydrogen-bond donors (Lipinski definition) is 0. The van der Waals surface area contributed by atoms with Gasteiger partial charge < -0.3 is 4.74 Å². The molecule has 4 rings (SSSR count). The summed E-state index contributed by atoms with van der Waals surface area (Å²) in [5, 5.41) is 11.7. The highest BCUT2D eigenvalue weighted by Crippen LogP contribution is 2.29. The number of nitrogens with zero attached hydrogens (tertiary/aromatic N) is 6. The van der Waals surface area contributed by atoms with Crippen LogP contribution in [0.3, 0.4) is 0 Å². The number of carbonyl (C=O) groups is 1. The molecule has 3 heterocycles. The van der Waals surface area contributed by atoms with Crippen LogP contribution in [0.15, 0.2) is 36.5 Å². The second-order valence-corrected chi connectivity index (χ2v) is 5.82. The van der Waals surface area contributed by atoms with Gasteiger partial charge in [0.05, 0.1) is 19.3 Å². The molecule has 1 atom stereocenters. The molecule has 131 valence electrons. The van der Waals surface area contributed by atoms with Crippen molar-refractivity contribution in [3.8, 4) is 22.6 Å². The number of halogens is 1. The molecule has 1 radical (unpaired) electrons. The van der Waals surface area contributed by atoms with E-state index in [2.05, 4.69) is 27.3 Å². The quantitative estimate of drug-likeness (QED) is 0.718. The molecule has 0 unspecified atom stereocenters. The van der Waals surface area contributed by atoms with Gasteiger partial charge in [-0.15, -0.1) is 10.2 Å². The third-order valence-electron chi connectivity index (χ3n) is 3.95. The first-order valence-corrected chi connectivity index (χ1v) is 7.83. The van der Waals surface area contributed by atoms with Crippen molar-refractivity contribution < 1.29 is 13.9 Å². The lowest BCUT2D eigenvalue weighted by molar-refractivity contribution is 0.159. The van der Waals surface area contributed by atoms with Crippen LogP contribution in [0.5, 0.6) is 0 Å². The van der Waals surface area contributed by atoms with Crippen LogP contribution >= 0.6 is 0 Å². The Bertz CT molecular complexity index is 972. The van der Waals surface area contributed by atoms with Crippen LogP contribution in [0.25, 0.3) is 22.6 Å². The van der Waals surface area contributed by atoms with Gasteiger partial charge in [-0.1, -0.05) is 6.07 Å². The van der Waals surface area contributed by atoms with E-state index in [0.717, 1.165) is 0 Å². The molecular weight excluding hydrogens is 339 g/mol. The van der Waals surface area contributed by atoms with Crippen LogP contribution in [-0.4, -0.2) is 43.9 Å². The minimum Gasteiger partial charge on any atom is -0.444 e. The molecule has 1 aliphatic heterocycles. The molecule has 0 aliphatic carbocycles. The van der Waals surface area contributed by atoms with Gasteiger partial charge in [-0.3, -0.25) is 9.88 Å². The number of cyclic esters (lactones) is 1. The number of carbonyl (C=O) groups excluding carboxylic acids is 1. The molecule has 0 spiro atoms. The fraction of sp³-hybridized carbons (Fsp3) is 0.176. The van der Waals surface area contributed by atoms with Crippen molar-refractivity contribution in [1.29, 1.82) is 0 Å². The van der Waals surface area contributed by atoms with Gasteiger partial charge in [0.15, 0.2) is 0 Å². The molecule has 9 heteroatoms. The summed E-state index contributed by atoms with van der Waals surface area (Å²) in [5.41, 5.74) is 1.94. The van der Waals surface area contributed by atoms with Gasteiger partial charge in [-0.05, 0) is 36.4 Å². The van der Waals surface area contributed by atoms with Crippen LogP contribution in [0, 0.1) is 12.7 Å². The number of pyridine rings is 1. The van der Waals surface area contributed by atoms with Crippen LogP contribution in [0.4, 0.5) is 14.9 Å². The zero-order valence-electron chi connectivity index (χ0n) is 13.8.